The summed E-state index contributed by atoms with van der Waals surface area (Å²) in [4.78, 5) is 0. The van der Waals surface area contributed by atoms with Crippen LogP contribution in [0, 0.1) is 0 Å². The van der Waals surface area contributed by atoms with Crippen LogP contribution in [0.15, 0.2) is 30.3 Å². The van der Waals surface area contributed by atoms with Crippen molar-refractivity contribution in [1.29, 1.82) is 0 Å². The van der Waals surface area contributed by atoms with Gasteiger partial charge in [0, 0.05) is 13.4 Å². The molecule has 0 aromatic heterocycles. The molecule has 6 heteroatoms. The molecule has 0 fully saturated rings. The first-order valence-electron chi connectivity index (χ1n) is 3.83. The molecule has 0 aliphatic heterocycles. The summed E-state index contributed by atoms with van der Waals surface area (Å²) in [5.41, 5.74) is 0. The molecule has 0 amide bonds. The number of benzene rings is 1. The molecule has 0 spiro atoms. The highest BCUT2D eigenvalue weighted by atomic mass is 32.2. The van der Waals surface area contributed by atoms with Crippen molar-refractivity contribution >= 4 is 24.0 Å². The van der Waals surface area contributed by atoms with Crippen molar-refractivity contribution < 1.29 is 17.3 Å². The van der Waals surface area contributed by atoms with Crippen molar-refractivity contribution in [1.82, 2.24) is 0 Å². The van der Waals surface area contributed by atoms with Crippen molar-refractivity contribution in [3.8, 4) is 0 Å². The molecule has 0 heterocycles. The van der Waals surface area contributed by atoms with Gasteiger partial charge in [-0.15, -0.1) is 0 Å². The smallest absolute Gasteiger partial charge is 0.308 e. The number of hydrogen-bond acceptors (Lipinski definition) is 4. The van der Waals surface area contributed by atoms with E-state index in [1.807, 2.05) is 0 Å². The van der Waals surface area contributed by atoms with Gasteiger partial charge in [0.25, 0.3) is 0 Å². The molecule has 1 aromatic carbocycles. The summed E-state index contributed by atoms with van der Waals surface area (Å²) in [6, 6.07) is 8.42. The second-order valence-corrected chi connectivity index (χ2v) is 5.77. The average molecular weight is 234 g/mol. The second-order valence-electron chi connectivity index (χ2n) is 2.49. The average Bonchev–Trinajstić information content (AvgIpc) is 2.18. The molecule has 1 aromatic rings. The summed E-state index contributed by atoms with van der Waals surface area (Å²) in [7, 11) is -2.14. The predicted octanol–water partition coefficient (Wildman–Crippen LogP) is 1.46. The first-order chi connectivity index (χ1) is 6.58. The zero-order chi connectivity index (χ0) is 10.6. The Labute approximate surface area is 85.4 Å². The van der Waals surface area contributed by atoms with E-state index in [1.54, 1.807) is 30.3 Å². The molecule has 2 atom stereocenters. The van der Waals surface area contributed by atoms with Gasteiger partial charge in [-0.3, -0.25) is 4.57 Å². The number of rotatable bonds is 4. The fourth-order valence-corrected chi connectivity index (χ4v) is 3.37. The van der Waals surface area contributed by atoms with Gasteiger partial charge in [0.05, 0.1) is 5.30 Å². The highest BCUT2D eigenvalue weighted by Crippen LogP contribution is 2.46. The largest absolute Gasteiger partial charge is 0.374 e. The molecule has 0 bridgehead atoms. The molecule has 0 saturated heterocycles. The molecule has 0 aliphatic rings. The van der Waals surface area contributed by atoms with Gasteiger partial charge in [-0.25, -0.2) is 8.18 Å². The molecule has 0 radical (unpaired) electrons. The van der Waals surface area contributed by atoms with Gasteiger partial charge in [-0.1, -0.05) is 18.2 Å². The van der Waals surface area contributed by atoms with Crippen LogP contribution in [-0.4, -0.2) is 17.6 Å². The molecule has 14 heavy (non-hydrogen) atoms. The van der Waals surface area contributed by atoms with Gasteiger partial charge in [0.2, 0.25) is 0 Å². The Kier molecular flexibility index (Phi) is 4.01. The molecule has 4 nitrogen and oxygen atoms in total. The minimum absolute atomic E-state index is 0.401. The van der Waals surface area contributed by atoms with Crippen LogP contribution in [0.2, 0.25) is 0 Å². The molecular formula is C8H11O4PS. The first kappa shape index (κ1) is 11.6. The van der Waals surface area contributed by atoms with Gasteiger partial charge in [0.1, 0.15) is 0 Å². The fourth-order valence-electron chi connectivity index (χ4n) is 0.928. The van der Waals surface area contributed by atoms with E-state index < -0.39 is 18.7 Å². The van der Waals surface area contributed by atoms with Crippen LogP contribution >= 0.6 is 7.60 Å². The third-order valence-corrected chi connectivity index (χ3v) is 4.55. The second kappa shape index (κ2) is 4.84. The van der Waals surface area contributed by atoms with E-state index in [0.29, 0.717) is 5.30 Å². The maximum absolute atomic E-state index is 12.0. The standard InChI is InChI=1S/C8H11O4PS/c1-11-13(9,12-14(2)10)8-6-4-3-5-7-8/h3-7H,1-2H3. The Hall–Kier alpha value is -0.480. The molecule has 78 valence electrons. The van der Waals surface area contributed by atoms with Gasteiger partial charge in [-0.05, 0) is 12.1 Å². The Bertz CT molecular complexity index is 365. The van der Waals surface area contributed by atoms with Gasteiger partial charge in [-0.2, -0.15) is 0 Å². The van der Waals surface area contributed by atoms with Crippen LogP contribution in [0.3, 0.4) is 0 Å². The lowest BCUT2D eigenvalue weighted by Gasteiger charge is -2.13. The van der Waals surface area contributed by atoms with E-state index in [1.165, 1.54) is 13.4 Å². The number of hydrogen-bond donors (Lipinski definition) is 0. The maximum atomic E-state index is 12.0. The van der Waals surface area contributed by atoms with Crippen molar-refractivity contribution in [3.05, 3.63) is 30.3 Å². The molecule has 0 saturated carbocycles. The minimum Gasteiger partial charge on any atom is -0.308 e. The lowest BCUT2D eigenvalue weighted by molar-refractivity contribution is 0.343. The zero-order valence-electron chi connectivity index (χ0n) is 7.88. The quantitative estimate of drug-likeness (QED) is 0.740. The van der Waals surface area contributed by atoms with E-state index in [0.717, 1.165) is 0 Å². The predicted molar refractivity (Wildman–Crippen MR) is 55.8 cm³/mol. The molecular weight excluding hydrogens is 223 g/mol. The van der Waals surface area contributed by atoms with Crippen molar-refractivity contribution in [2.24, 2.45) is 0 Å². The third kappa shape index (κ3) is 2.75. The highest BCUT2D eigenvalue weighted by molar-refractivity contribution is 7.86. The zero-order valence-corrected chi connectivity index (χ0v) is 9.59. The van der Waals surface area contributed by atoms with Crippen LogP contribution < -0.4 is 5.30 Å². The molecule has 0 aliphatic carbocycles. The van der Waals surface area contributed by atoms with Crippen LogP contribution in [0.5, 0.6) is 0 Å². The Morgan fingerprint density at radius 1 is 1.29 bits per heavy atom. The van der Waals surface area contributed by atoms with Crippen molar-refractivity contribution in [3.63, 3.8) is 0 Å². The summed E-state index contributed by atoms with van der Waals surface area (Å²) < 4.78 is 32.3. The van der Waals surface area contributed by atoms with Gasteiger partial charge >= 0.3 is 7.60 Å². The summed E-state index contributed by atoms with van der Waals surface area (Å²) in [6.45, 7) is 0. The lowest BCUT2D eigenvalue weighted by atomic mass is 10.4. The Balaban J connectivity index is 3.02. The Morgan fingerprint density at radius 2 is 1.86 bits per heavy atom. The van der Waals surface area contributed by atoms with Crippen LogP contribution in [0.4, 0.5) is 0 Å². The van der Waals surface area contributed by atoms with E-state index in [-0.39, 0.29) is 0 Å². The molecule has 0 N–H and O–H groups in total. The van der Waals surface area contributed by atoms with Crippen LogP contribution in [0.25, 0.3) is 0 Å². The van der Waals surface area contributed by atoms with Crippen molar-refractivity contribution in [2.45, 2.75) is 0 Å². The summed E-state index contributed by atoms with van der Waals surface area (Å²) in [5, 5.41) is 0.401. The topological polar surface area (TPSA) is 52.6 Å². The van der Waals surface area contributed by atoms with E-state index in [4.69, 9.17) is 8.49 Å². The monoisotopic (exact) mass is 234 g/mol. The summed E-state index contributed by atoms with van der Waals surface area (Å²) in [5.74, 6) is 0. The van der Waals surface area contributed by atoms with E-state index in [2.05, 4.69) is 0 Å². The highest BCUT2D eigenvalue weighted by Gasteiger charge is 2.27. The molecule has 2 unspecified atom stereocenters. The van der Waals surface area contributed by atoms with E-state index in [9.17, 15) is 8.77 Å². The first-order valence-corrected chi connectivity index (χ1v) is 6.86. The SMILES string of the molecule is COP(=O)(OS(C)=O)c1ccccc1. The van der Waals surface area contributed by atoms with Crippen LogP contribution in [-0.2, 0) is 24.1 Å². The van der Waals surface area contributed by atoms with Gasteiger partial charge in [0.15, 0.2) is 11.1 Å². The maximum Gasteiger partial charge on any atom is 0.374 e. The fraction of sp³-hybridized carbons (Fsp3) is 0.250. The van der Waals surface area contributed by atoms with Gasteiger partial charge < -0.3 is 4.52 Å². The summed E-state index contributed by atoms with van der Waals surface area (Å²) in [6.07, 6.45) is 1.30. The summed E-state index contributed by atoms with van der Waals surface area (Å²) >= 11 is -1.62. The van der Waals surface area contributed by atoms with Crippen molar-refractivity contribution in [2.75, 3.05) is 13.4 Å². The third-order valence-electron chi connectivity index (χ3n) is 1.52. The normalized spacial score (nSPS) is 17.3. The Morgan fingerprint density at radius 3 is 2.29 bits per heavy atom. The minimum atomic E-state index is -3.41. The molecule has 1 rings (SSSR count). The van der Waals surface area contributed by atoms with E-state index >= 15 is 0 Å². The van der Waals surface area contributed by atoms with Crippen LogP contribution in [0.1, 0.15) is 0 Å². The lowest BCUT2D eigenvalue weighted by Crippen LogP contribution is -2.09.